The second kappa shape index (κ2) is 6.02. The zero-order valence-electron chi connectivity index (χ0n) is 13.1. The molecule has 0 aliphatic carbocycles. The van der Waals surface area contributed by atoms with Gasteiger partial charge in [0, 0.05) is 22.2 Å². The van der Waals surface area contributed by atoms with Crippen LogP contribution in [0.15, 0.2) is 47.1 Å². The summed E-state index contributed by atoms with van der Waals surface area (Å²) in [6.45, 7) is 4.10. The third-order valence-electron chi connectivity index (χ3n) is 3.93. The van der Waals surface area contributed by atoms with Crippen molar-refractivity contribution in [3.63, 3.8) is 0 Å². The van der Waals surface area contributed by atoms with Gasteiger partial charge in [-0.3, -0.25) is 4.79 Å². The minimum Gasteiger partial charge on any atom is -0.464 e. The maximum Gasteiger partial charge on any atom is 0.228 e. The fraction of sp³-hybridized carbons (Fsp3) is 0.150. The smallest absolute Gasteiger partial charge is 0.228 e. The molecule has 0 saturated heterocycles. The number of amides is 1. The van der Waals surface area contributed by atoms with Crippen LogP contribution >= 0.6 is 0 Å². The van der Waals surface area contributed by atoms with E-state index < -0.39 is 0 Å². The molecule has 23 heavy (non-hydrogen) atoms. The summed E-state index contributed by atoms with van der Waals surface area (Å²) in [7, 11) is 0. The molecule has 0 saturated carbocycles. The van der Waals surface area contributed by atoms with Gasteiger partial charge in [-0.05, 0) is 55.3 Å². The lowest BCUT2D eigenvalue weighted by atomic mass is 10.0. The summed E-state index contributed by atoms with van der Waals surface area (Å²) in [6.07, 6.45) is 7.29. The summed E-state index contributed by atoms with van der Waals surface area (Å²) in [6, 6.07) is 11.3. The third kappa shape index (κ3) is 3.12. The maximum absolute atomic E-state index is 12.3. The van der Waals surface area contributed by atoms with Crippen LogP contribution in [0.25, 0.3) is 11.0 Å². The number of carbonyl (C=O) groups is 1. The van der Waals surface area contributed by atoms with Crippen molar-refractivity contribution in [1.82, 2.24) is 0 Å². The largest absolute Gasteiger partial charge is 0.464 e. The van der Waals surface area contributed by atoms with Crippen LogP contribution < -0.4 is 5.32 Å². The van der Waals surface area contributed by atoms with E-state index in [9.17, 15) is 4.79 Å². The fourth-order valence-electron chi connectivity index (χ4n) is 2.54. The molecule has 0 radical (unpaired) electrons. The molecule has 0 spiro atoms. The summed E-state index contributed by atoms with van der Waals surface area (Å²) >= 11 is 0. The van der Waals surface area contributed by atoms with Gasteiger partial charge < -0.3 is 9.73 Å². The van der Waals surface area contributed by atoms with Crippen LogP contribution in [-0.4, -0.2) is 5.91 Å². The van der Waals surface area contributed by atoms with E-state index in [0.29, 0.717) is 5.69 Å². The Morgan fingerprint density at radius 2 is 2.00 bits per heavy atom. The lowest BCUT2D eigenvalue weighted by molar-refractivity contribution is -0.115. The van der Waals surface area contributed by atoms with Crippen molar-refractivity contribution in [2.75, 3.05) is 5.32 Å². The number of rotatable bonds is 3. The first-order valence-electron chi connectivity index (χ1n) is 7.40. The standard InChI is InChI=1S/C20H17NO2/c1-4-15-6-5-7-17(10-15)21-20(22)11-16-12-23-19-9-14(3)13(2)8-18(16)19/h1,5-10,12H,11H2,2-3H3,(H,21,22). The Morgan fingerprint density at radius 1 is 1.22 bits per heavy atom. The zero-order chi connectivity index (χ0) is 16.4. The monoisotopic (exact) mass is 303 g/mol. The van der Waals surface area contributed by atoms with E-state index in [-0.39, 0.29) is 12.3 Å². The average molecular weight is 303 g/mol. The van der Waals surface area contributed by atoms with E-state index in [1.54, 1.807) is 12.3 Å². The highest BCUT2D eigenvalue weighted by Crippen LogP contribution is 2.25. The number of anilines is 1. The van der Waals surface area contributed by atoms with Crippen LogP contribution in [0.1, 0.15) is 22.3 Å². The number of aryl methyl sites for hydroxylation is 2. The van der Waals surface area contributed by atoms with Gasteiger partial charge in [0.25, 0.3) is 0 Å². The number of terminal acetylenes is 1. The molecule has 114 valence electrons. The fourth-order valence-corrected chi connectivity index (χ4v) is 2.54. The molecule has 1 aromatic heterocycles. The van der Waals surface area contributed by atoms with Crippen molar-refractivity contribution < 1.29 is 9.21 Å². The van der Waals surface area contributed by atoms with Gasteiger partial charge in [0.1, 0.15) is 5.58 Å². The van der Waals surface area contributed by atoms with E-state index >= 15 is 0 Å². The Bertz CT molecular complexity index is 928. The first-order valence-corrected chi connectivity index (χ1v) is 7.40. The Balaban J connectivity index is 1.80. The van der Waals surface area contributed by atoms with Crippen LogP contribution in [0, 0.1) is 26.2 Å². The quantitative estimate of drug-likeness (QED) is 0.736. The molecule has 1 amide bonds. The van der Waals surface area contributed by atoms with E-state index in [0.717, 1.165) is 22.1 Å². The van der Waals surface area contributed by atoms with Gasteiger partial charge in [-0.25, -0.2) is 0 Å². The van der Waals surface area contributed by atoms with Crippen LogP contribution in [0.3, 0.4) is 0 Å². The summed E-state index contributed by atoms with van der Waals surface area (Å²) < 4.78 is 5.57. The van der Waals surface area contributed by atoms with Crippen LogP contribution in [0.4, 0.5) is 5.69 Å². The summed E-state index contributed by atoms with van der Waals surface area (Å²) in [5.74, 6) is 2.46. The number of hydrogen-bond acceptors (Lipinski definition) is 2. The molecular formula is C20H17NO2. The van der Waals surface area contributed by atoms with Crippen LogP contribution in [0.5, 0.6) is 0 Å². The van der Waals surface area contributed by atoms with Crippen molar-refractivity contribution in [1.29, 1.82) is 0 Å². The Morgan fingerprint density at radius 3 is 2.78 bits per heavy atom. The van der Waals surface area contributed by atoms with Crippen molar-refractivity contribution in [2.24, 2.45) is 0 Å². The summed E-state index contributed by atoms with van der Waals surface area (Å²) in [5, 5.41) is 3.86. The minimum atomic E-state index is -0.0971. The SMILES string of the molecule is C#Cc1cccc(NC(=O)Cc2coc3cc(C)c(C)cc23)c1. The number of benzene rings is 2. The zero-order valence-corrected chi connectivity index (χ0v) is 13.1. The highest BCUT2D eigenvalue weighted by atomic mass is 16.3. The molecule has 0 aliphatic rings. The van der Waals surface area contributed by atoms with E-state index in [2.05, 4.69) is 24.2 Å². The lowest BCUT2D eigenvalue weighted by Crippen LogP contribution is -2.14. The van der Waals surface area contributed by atoms with Crippen molar-refractivity contribution in [2.45, 2.75) is 20.3 Å². The number of furan rings is 1. The summed E-state index contributed by atoms with van der Waals surface area (Å²) in [5.41, 5.74) is 5.49. The molecule has 0 fully saturated rings. The van der Waals surface area contributed by atoms with Gasteiger partial charge in [0.15, 0.2) is 0 Å². The lowest BCUT2D eigenvalue weighted by Gasteiger charge is -2.05. The molecule has 1 heterocycles. The first-order chi connectivity index (χ1) is 11.1. The van der Waals surface area contributed by atoms with Crippen molar-refractivity contribution >= 4 is 22.6 Å². The topological polar surface area (TPSA) is 42.2 Å². The number of nitrogens with one attached hydrogen (secondary N) is 1. The predicted molar refractivity (Wildman–Crippen MR) is 92.4 cm³/mol. The average Bonchev–Trinajstić information content (AvgIpc) is 2.90. The molecule has 0 unspecified atom stereocenters. The molecule has 0 bridgehead atoms. The summed E-state index contributed by atoms with van der Waals surface area (Å²) in [4.78, 5) is 12.3. The van der Waals surface area contributed by atoms with Crippen LogP contribution in [-0.2, 0) is 11.2 Å². The Kier molecular flexibility index (Phi) is 3.91. The highest BCUT2D eigenvalue weighted by Gasteiger charge is 2.12. The van der Waals surface area contributed by atoms with Gasteiger partial charge in [-0.1, -0.05) is 12.0 Å². The van der Waals surface area contributed by atoms with Crippen molar-refractivity contribution in [3.8, 4) is 12.3 Å². The number of hydrogen-bond donors (Lipinski definition) is 1. The molecular weight excluding hydrogens is 286 g/mol. The number of fused-ring (bicyclic) bond motifs is 1. The van der Waals surface area contributed by atoms with Gasteiger partial charge in [-0.15, -0.1) is 6.42 Å². The first kappa shape index (κ1) is 14.9. The Labute approximate surface area is 135 Å². The van der Waals surface area contributed by atoms with E-state index in [1.807, 2.05) is 31.2 Å². The normalized spacial score (nSPS) is 10.5. The molecule has 3 aromatic rings. The Hall–Kier alpha value is -2.99. The molecule has 2 aromatic carbocycles. The van der Waals surface area contributed by atoms with Crippen LogP contribution in [0.2, 0.25) is 0 Å². The molecule has 1 N–H and O–H groups in total. The second-order valence-corrected chi connectivity index (χ2v) is 5.64. The second-order valence-electron chi connectivity index (χ2n) is 5.64. The van der Waals surface area contributed by atoms with Crippen molar-refractivity contribution in [3.05, 3.63) is 64.9 Å². The maximum atomic E-state index is 12.3. The van der Waals surface area contributed by atoms with E-state index in [4.69, 9.17) is 10.8 Å². The molecule has 0 atom stereocenters. The molecule has 0 aliphatic heterocycles. The van der Waals surface area contributed by atoms with Gasteiger partial charge in [0.05, 0.1) is 12.7 Å². The predicted octanol–water partition coefficient (Wildman–Crippen LogP) is 4.21. The van der Waals surface area contributed by atoms with Gasteiger partial charge in [-0.2, -0.15) is 0 Å². The molecule has 3 rings (SSSR count). The highest BCUT2D eigenvalue weighted by molar-refractivity contribution is 5.95. The third-order valence-corrected chi connectivity index (χ3v) is 3.93. The number of carbonyl (C=O) groups excluding carboxylic acids is 1. The minimum absolute atomic E-state index is 0.0971. The van der Waals surface area contributed by atoms with E-state index in [1.165, 1.54) is 11.1 Å². The molecule has 3 heteroatoms. The molecule has 3 nitrogen and oxygen atoms in total. The van der Waals surface area contributed by atoms with Gasteiger partial charge >= 0.3 is 0 Å². The van der Waals surface area contributed by atoms with Gasteiger partial charge in [0.2, 0.25) is 5.91 Å².